The Hall–Kier alpha value is -2.94. The summed E-state index contributed by atoms with van der Waals surface area (Å²) in [6.07, 6.45) is -1.94. The fourth-order valence-corrected chi connectivity index (χ4v) is 2.94. The Kier molecular flexibility index (Phi) is 4.90. The SMILES string of the molecule is O=C(Cn1cccc(C(F)(F)F)c1=O)Nc1ccc(-c2nccs2)cc1. The molecule has 3 aromatic rings. The zero-order valence-corrected chi connectivity index (χ0v) is 14.0. The van der Waals surface area contributed by atoms with Crippen molar-refractivity contribution < 1.29 is 18.0 Å². The number of thiazole rings is 1. The smallest absolute Gasteiger partial charge is 0.325 e. The zero-order chi connectivity index (χ0) is 18.7. The predicted molar refractivity (Wildman–Crippen MR) is 91.9 cm³/mol. The number of carbonyl (C=O) groups is 1. The topological polar surface area (TPSA) is 64.0 Å². The molecule has 9 heteroatoms. The zero-order valence-electron chi connectivity index (χ0n) is 13.2. The van der Waals surface area contributed by atoms with Crippen LogP contribution in [-0.4, -0.2) is 15.5 Å². The van der Waals surface area contributed by atoms with Gasteiger partial charge >= 0.3 is 6.18 Å². The summed E-state index contributed by atoms with van der Waals surface area (Å²) >= 11 is 1.47. The Morgan fingerprint density at radius 2 is 1.92 bits per heavy atom. The van der Waals surface area contributed by atoms with Crippen molar-refractivity contribution in [2.75, 3.05) is 5.32 Å². The van der Waals surface area contributed by atoms with Gasteiger partial charge in [0.2, 0.25) is 5.91 Å². The molecule has 0 aliphatic heterocycles. The molecule has 3 rings (SSSR count). The van der Waals surface area contributed by atoms with Crippen molar-refractivity contribution >= 4 is 22.9 Å². The lowest BCUT2D eigenvalue weighted by Gasteiger charge is -2.11. The van der Waals surface area contributed by atoms with E-state index >= 15 is 0 Å². The average Bonchev–Trinajstić information content (AvgIpc) is 3.11. The quantitative estimate of drug-likeness (QED) is 0.753. The molecule has 0 unspecified atom stereocenters. The number of benzene rings is 1. The van der Waals surface area contributed by atoms with E-state index in [1.165, 1.54) is 11.3 Å². The Bertz CT molecular complexity index is 964. The summed E-state index contributed by atoms with van der Waals surface area (Å²) in [4.78, 5) is 28.1. The number of alkyl halides is 3. The van der Waals surface area contributed by atoms with E-state index in [0.29, 0.717) is 11.8 Å². The van der Waals surface area contributed by atoms with Gasteiger partial charge in [-0.3, -0.25) is 9.59 Å². The van der Waals surface area contributed by atoms with Crippen LogP contribution in [0.4, 0.5) is 18.9 Å². The fraction of sp³-hybridized carbons (Fsp3) is 0.118. The van der Waals surface area contributed by atoms with Crippen LogP contribution in [0.2, 0.25) is 0 Å². The molecule has 1 N–H and O–H groups in total. The molecule has 0 fully saturated rings. The van der Waals surface area contributed by atoms with Crippen LogP contribution in [0.5, 0.6) is 0 Å². The van der Waals surface area contributed by atoms with Gasteiger partial charge in [0.05, 0.1) is 0 Å². The molecule has 2 aromatic heterocycles. The number of halogens is 3. The molecule has 0 atom stereocenters. The molecule has 1 amide bonds. The number of amides is 1. The van der Waals surface area contributed by atoms with Crippen molar-refractivity contribution in [1.29, 1.82) is 0 Å². The van der Waals surface area contributed by atoms with Crippen LogP contribution in [0, 0.1) is 0 Å². The lowest BCUT2D eigenvalue weighted by Crippen LogP contribution is -2.31. The predicted octanol–water partition coefficient (Wildman–Crippen LogP) is 3.63. The summed E-state index contributed by atoms with van der Waals surface area (Å²) in [5.74, 6) is -0.603. The fourth-order valence-electron chi connectivity index (χ4n) is 2.29. The van der Waals surface area contributed by atoms with Crippen molar-refractivity contribution in [3.05, 3.63) is 70.1 Å². The molecule has 0 saturated carbocycles. The standard InChI is InChI=1S/C17H12F3N3O2S/c18-17(19,20)13-2-1-8-23(16(13)25)10-14(24)22-12-5-3-11(4-6-12)15-21-7-9-26-15/h1-9H,10H2,(H,22,24). The van der Waals surface area contributed by atoms with Gasteiger partial charge in [0, 0.05) is 29.0 Å². The highest BCUT2D eigenvalue weighted by molar-refractivity contribution is 7.13. The number of nitrogens with zero attached hydrogens (tertiary/aromatic N) is 2. The summed E-state index contributed by atoms with van der Waals surface area (Å²) in [6, 6.07) is 8.62. The van der Waals surface area contributed by atoms with Crippen LogP contribution in [0.25, 0.3) is 10.6 Å². The minimum absolute atomic E-state index is 0.468. The molecular formula is C17H12F3N3O2S. The van der Waals surface area contributed by atoms with Crippen LogP contribution in [-0.2, 0) is 17.5 Å². The number of hydrogen-bond acceptors (Lipinski definition) is 4. The maximum absolute atomic E-state index is 12.7. The molecule has 0 aliphatic rings. The number of carbonyl (C=O) groups excluding carboxylic acids is 1. The second kappa shape index (κ2) is 7.12. The molecule has 26 heavy (non-hydrogen) atoms. The lowest BCUT2D eigenvalue weighted by molar-refractivity contribution is -0.139. The van der Waals surface area contributed by atoms with Gasteiger partial charge in [-0.25, -0.2) is 4.98 Å². The second-order valence-corrected chi connectivity index (χ2v) is 6.21. The lowest BCUT2D eigenvalue weighted by atomic mass is 10.2. The van der Waals surface area contributed by atoms with Crippen LogP contribution >= 0.6 is 11.3 Å². The molecular weight excluding hydrogens is 367 g/mol. The van der Waals surface area contributed by atoms with Crippen molar-refractivity contribution in [3.8, 4) is 10.6 Å². The second-order valence-electron chi connectivity index (χ2n) is 5.32. The third kappa shape index (κ3) is 3.99. The van der Waals surface area contributed by atoms with Crippen LogP contribution in [0.1, 0.15) is 5.56 Å². The largest absolute Gasteiger partial charge is 0.421 e. The molecule has 2 heterocycles. The van der Waals surface area contributed by atoms with E-state index in [0.717, 1.165) is 27.4 Å². The van der Waals surface area contributed by atoms with Crippen molar-refractivity contribution in [2.24, 2.45) is 0 Å². The van der Waals surface area contributed by atoms with Crippen molar-refractivity contribution in [1.82, 2.24) is 9.55 Å². The number of nitrogens with one attached hydrogen (secondary N) is 1. The van der Waals surface area contributed by atoms with E-state index in [4.69, 9.17) is 0 Å². The Morgan fingerprint density at radius 3 is 2.54 bits per heavy atom. The first-order valence-corrected chi connectivity index (χ1v) is 8.29. The first-order valence-electron chi connectivity index (χ1n) is 7.41. The van der Waals surface area contributed by atoms with E-state index in [2.05, 4.69) is 10.3 Å². The first-order chi connectivity index (χ1) is 12.3. The Labute approximate surface area is 149 Å². The number of aromatic nitrogens is 2. The monoisotopic (exact) mass is 379 g/mol. The van der Waals surface area contributed by atoms with Gasteiger partial charge in [0.15, 0.2) is 0 Å². The highest BCUT2D eigenvalue weighted by atomic mass is 32.1. The highest BCUT2D eigenvalue weighted by Gasteiger charge is 2.34. The van der Waals surface area contributed by atoms with E-state index in [1.54, 1.807) is 30.5 Å². The van der Waals surface area contributed by atoms with Gasteiger partial charge in [-0.1, -0.05) is 0 Å². The maximum atomic E-state index is 12.7. The number of rotatable bonds is 4. The van der Waals surface area contributed by atoms with E-state index in [9.17, 15) is 22.8 Å². The molecule has 0 aliphatic carbocycles. The minimum atomic E-state index is -4.76. The summed E-state index contributed by atoms with van der Waals surface area (Å²) in [6.45, 7) is -0.517. The van der Waals surface area contributed by atoms with E-state index in [1.807, 2.05) is 5.38 Å². The average molecular weight is 379 g/mol. The first kappa shape index (κ1) is 17.9. The minimum Gasteiger partial charge on any atom is -0.325 e. The van der Waals surface area contributed by atoms with Gasteiger partial charge < -0.3 is 9.88 Å². The molecule has 0 bridgehead atoms. The summed E-state index contributed by atoms with van der Waals surface area (Å²) in [7, 11) is 0. The van der Waals surface area contributed by atoms with Gasteiger partial charge in [-0.2, -0.15) is 13.2 Å². The van der Waals surface area contributed by atoms with Gasteiger partial charge in [-0.05, 0) is 36.4 Å². The molecule has 134 valence electrons. The van der Waals surface area contributed by atoms with Gasteiger partial charge in [0.25, 0.3) is 5.56 Å². The third-order valence-electron chi connectivity index (χ3n) is 3.49. The van der Waals surface area contributed by atoms with Crippen LogP contribution in [0.15, 0.2) is 59.0 Å². The van der Waals surface area contributed by atoms with E-state index in [-0.39, 0.29) is 0 Å². The van der Waals surface area contributed by atoms with Crippen LogP contribution in [0.3, 0.4) is 0 Å². The van der Waals surface area contributed by atoms with Crippen molar-refractivity contribution in [2.45, 2.75) is 12.7 Å². The Balaban J connectivity index is 1.71. The Morgan fingerprint density at radius 1 is 1.19 bits per heavy atom. The summed E-state index contributed by atoms with van der Waals surface area (Å²) < 4.78 is 39.0. The molecule has 5 nitrogen and oxygen atoms in total. The van der Waals surface area contributed by atoms with Gasteiger partial charge in [-0.15, -0.1) is 11.3 Å². The highest BCUT2D eigenvalue weighted by Crippen LogP contribution is 2.26. The number of anilines is 1. The van der Waals surface area contributed by atoms with Crippen molar-refractivity contribution in [3.63, 3.8) is 0 Å². The number of pyridine rings is 1. The molecule has 0 saturated heterocycles. The third-order valence-corrected chi connectivity index (χ3v) is 4.31. The molecule has 0 spiro atoms. The van der Waals surface area contributed by atoms with Crippen LogP contribution < -0.4 is 10.9 Å². The summed E-state index contributed by atoms with van der Waals surface area (Å²) in [5.41, 5.74) is -1.21. The molecule has 1 aromatic carbocycles. The summed E-state index contributed by atoms with van der Waals surface area (Å²) in [5, 5.41) is 5.23. The van der Waals surface area contributed by atoms with Gasteiger partial charge in [0.1, 0.15) is 17.1 Å². The maximum Gasteiger partial charge on any atom is 0.421 e. The number of hydrogen-bond donors (Lipinski definition) is 1. The van der Waals surface area contributed by atoms with E-state index < -0.39 is 29.8 Å². The normalized spacial score (nSPS) is 11.3. The molecule has 0 radical (unpaired) electrons.